The van der Waals surface area contributed by atoms with E-state index in [0.29, 0.717) is 12.4 Å². The molecule has 0 aliphatic rings. The van der Waals surface area contributed by atoms with Crippen LogP contribution in [0.5, 0.6) is 0 Å². The van der Waals surface area contributed by atoms with E-state index in [2.05, 4.69) is 77.8 Å². The molecule has 3 rings (SSSR count). The predicted octanol–water partition coefficient (Wildman–Crippen LogP) is 4.57. The van der Waals surface area contributed by atoms with Gasteiger partial charge >= 0.3 is 0 Å². The minimum atomic E-state index is -0.419. The number of aliphatic hydroxyl groups excluding tert-OH is 1. The minimum Gasteiger partial charge on any atom is -0.394 e. The highest BCUT2D eigenvalue weighted by atomic mass is 32.2. The molecule has 0 atom stereocenters. The molecule has 0 unspecified atom stereocenters. The molecule has 3 nitrogen and oxygen atoms in total. The molecule has 0 saturated carbocycles. The van der Waals surface area contributed by atoms with E-state index < -0.39 is 4.75 Å². The summed E-state index contributed by atoms with van der Waals surface area (Å²) in [6, 6.07) is 31.4. The molecule has 0 spiro atoms. The highest BCUT2D eigenvalue weighted by Crippen LogP contribution is 2.48. The van der Waals surface area contributed by atoms with Crippen LogP contribution in [0.15, 0.2) is 107 Å². The van der Waals surface area contributed by atoms with Crippen LogP contribution in [0.25, 0.3) is 0 Å². The van der Waals surface area contributed by atoms with Gasteiger partial charge in [-0.3, -0.25) is 4.99 Å². The van der Waals surface area contributed by atoms with Crippen LogP contribution in [0, 0.1) is 0 Å². The van der Waals surface area contributed by atoms with Crippen LogP contribution in [-0.2, 0) is 4.75 Å². The van der Waals surface area contributed by atoms with E-state index in [-0.39, 0.29) is 6.61 Å². The Morgan fingerprint density at radius 1 is 0.821 bits per heavy atom. The first-order valence-electron chi connectivity index (χ1n) is 9.19. The Labute approximate surface area is 170 Å². The van der Waals surface area contributed by atoms with Crippen molar-refractivity contribution >= 4 is 17.6 Å². The Morgan fingerprint density at radius 2 is 1.25 bits per heavy atom. The highest BCUT2D eigenvalue weighted by Gasteiger charge is 2.36. The highest BCUT2D eigenvalue weighted by molar-refractivity contribution is 8.03. The smallest absolute Gasteiger partial charge is 0.118 e. The van der Waals surface area contributed by atoms with Gasteiger partial charge in [-0.1, -0.05) is 91.0 Å². The van der Waals surface area contributed by atoms with Gasteiger partial charge in [0.25, 0.3) is 0 Å². The lowest BCUT2D eigenvalue weighted by molar-refractivity contribution is 0.307. The third kappa shape index (κ3) is 4.53. The Bertz CT molecular complexity index is 812. The van der Waals surface area contributed by atoms with Crippen LogP contribution in [-0.4, -0.2) is 24.1 Å². The van der Waals surface area contributed by atoms with Crippen molar-refractivity contribution < 1.29 is 5.11 Å². The van der Waals surface area contributed by atoms with E-state index in [1.165, 1.54) is 16.7 Å². The van der Waals surface area contributed by atoms with E-state index in [1.54, 1.807) is 17.8 Å². The van der Waals surface area contributed by atoms with E-state index in [9.17, 15) is 0 Å². The summed E-state index contributed by atoms with van der Waals surface area (Å²) in [5.74, 6) is 0.407. The zero-order chi connectivity index (χ0) is 19.7. The lowest BCUT2D eigenvalue weighted by Gasteiger charge is -2.34. The SMILES string of the molecule is NC(/C=C/SC(c1ccccc1)(c1ccccc1)c1ccccc1)=NCCO. The number of thioether (sulfide) groups is 1. The van der Waals surface area contributed by atoms with Crippen LogP contribution in [0.1, 0.15) is 16.7 Å². The van der Waals surface area contributed by atoms with Crippen LogP contribution >= 0.6 is 11.8 Å². The molecule has 0 aliphatic carbocycles. The summed E-state index contributed by atoms with van der Waals surface area (Å²) in [6.45, 7) is 0.297. The van der Waals surface area contributed by atoms with Gasteiger partial charge in [0.15, 0.2) is 0 Å². The zero-order valence-corrected chi connectivity index (χ0v) is 16.4. The van der Waals surface area contributed by atoms with E-state index >= 15 is 0 Å². The molecule has 4 heteroatoms. The Morgan fingerprint density at radius 3 is 1.64 bits per heavy atom. The quantitative estimate of drug-likeness (QED) is 0.337. The molecule has 0 bridgehead atoms. The fourth-order valence-corrected chi connectivity index (χ4v) is 4.39. The lowest BCUT2D eigenvalue weighted by atomic mass is 9.84. The minimum absolute atomic E-state index is 0.0103. The van der Waals surface area contributed by atoms with Crippen molar-refractivity contribution in [2.24, 2.45) is 10.7 Å². The summed E-state index contributed by atoms with van der Waals surface area (Å²) < 4.78 is -0.419. The summed E-state index contributed by atoms with van der Waals surface area (Å²) in [5, 5.41) is 10.9. The Kier molecular flexibility index (Phi) is 7.06. The van der Waals surface area contributed by atoms with Crippen molar-refractivity contribution in [2.45, 2.75) is 4.75 Å². The molecular formula is C24H24N2OS. The topological polar surface area (TPSA) is 58.6 Å². The van der Waals surface area contributed by atoms with Crippen molar-refractivity contribution in [3.63, 3.8) is 0 Å². The van der Waals surface area contributed by atoms with Crippen LogP contribution in [0.4, 0.5) is 0 Å². The predicted molar refractivity (Wildman–Crippen MR) is 120 cm³/mol. The maximum Gasteiger partial charge on any atom is 0.118 e. The van der Waals surface area contributed by atoms with Gasteiger partial charge in [-0.25, -0.2) is 0 Å². The molecule has 0 saturated heterocycles. The molecular weight excluding hydrogens is 364 g/mol. The molecule has 0 aliphatic heterocycles. The van der Waals surface area contributed by atoms with Gasteiger partial charge in [-0.15, -0.1) is 11.8 Å². The molecule has 0 radical (unpaired) electrons. The summed E-state index contributed by atoms with van der Waals surface area (Å²) in [6.07, 6.45) is 1.80. The average Bonchev–Trinajstić information content (AvgIpc) is 2.77. The number of benzene rings is 3. The second-order valence-electron chi connectivity index (χ2n) is 6.23. The molecule has 0 fully saturated rings. The van der Waals surface area contributed by atoms with Crippen LogP contribution in [0.3, 0.4) is 0 Å². The molecule has 0 aromatic heterocycles. The first-order chi connectivity index (χ1) is 13.8. The van der Waals surface area contributed by atoms with Crippen molar-refractivity contribution in [2.75, 3.05) is 13.2 Å². The van der Waals surface area contributed by atoms with Gasteiger partial charge < -0.3 is 10.8 Å². The fourth-order valence-electron chi connectivity index (χ4n) is 3.16. The van der Waals surface area contributed by atoms with Crippen molar-refractivity contribution in [3.8, 4) is 0 Å². The van der Waals surface area contributed by atoms with Crippen molar-refractivity contribution in [1.29, 1.82) is 0 Å². The summed E-state index contributed by atoms with van der Waals surface area (Å²) in [7, 11) is 0. The van der Waals surface area contributed by atoms with Gasteiger partial charge in [0, 0.05) is 0 Å². The molecule has 3 aromatic carbocycles. The van der Waals surface area contributed by atoms with E-state index in [1.807, 2.05) is 23.6 Å². The van der Waals surface area contributed by atoms with Crippen LogP contribution in [0.2, 0.25) is 0 Å². The Hall–Kier alpha value is -2.82. The van der Waals surface area contributed by atoms with E-state index in [0.717, 1.165) is 0 Å². The number of nitrogens with two attached hydrogens (primary N) is 1. The fraction of sp³-hybridized carbons (Fsp3) is 0.125. The third-order valence-electron chi connectivity index (χ3n) is 4.42. The van der Waals surface area contributed by atoms with Gasteiger partial charge in [-0.05, 0) is 28.2 Å². The zero-order valence-electron chi connectivity index (χ0n) is 15.6. The van der Waals surface area contributed by atoms with Crippen molar-refractivity contribution in [3.05, 3.63) is 119 Å². The molecule has 3 N–H and O–H groups in total. The summed E-state index contributed by atoms with van der Waals surface area (Å²) in [5.41, 5.74) is 9.51. The second-order valence-corrected chi connectivity index (χ2v) is 7.35. The van der Waals surface area contributed by atoms with Gasteiger partial charge in [0.1, 0.15) is 5.84 Å². The molecule has 0 heterocycles. The first-order valence-corrected chi connectivity index (χ1v) is 10.1. The number of nitrogens with zero attached hydrogens (tertiary/aromatic N) is 1. The Balaban J connectivity index is 2.13. The summed E-state index contributed by atoms with van der Waals surface area (Å²) >= 11 is 1.69. The van der Waals surface area contributed by atoms with Gasteiger partial charge in [0.2, 0.25) is 0 Å². The molecule has 3 aromatic rings. The number of hydrogen-bond acceptors (Lipinski definition) is 3. The summed E-state index contributed by atoms with van der Waals surface area (Å²) in [4.78, 5) is 4.12. The molecule has 142 valence electrons. The van der Waals surface area contributed by atoms with E-state index in [4.69, 9.17) is 10.8 Å². The number of aliphatic hydroxyl groups is 1. The maximum atomic E-state index is 8.92. The third-order valence-corrected chi connectivity index (χ3v) is 5.75. The largest absolute Gasteiger partial charge is 0.394 e. The number of hydrogen-bond donors (Lipinski definition) is 2. The van der Waals surface area contributed by atoms with Gasteiger partial charge in [-0.2, -0.15) is 0 Å². The first kappa shape index (κ1) is 19.9. The standard InChI is InChI=1S/C24H24N2OS/c25-23(26-17-18-27)16-19-28-24(20-10-4-1-5-11-20,21-12-6-2-7-13-21)22-14-8-3-9-15-22/h1-16,19,27H,17-18H2,(H2,25,26)/b19-16+. The maximum absolute atomic E-state index is 8.92. The second kappa shape index (κ2) is 9.93. The monoisotopic (exact) mass is 388 g/mol. The average molecular weight is 389 g/mol. The van der Waals surface area contributed by atoms with Crippen molar-refractivity contribution in [1.82, 2.24) is 0 Å². The molecule has 0 amide bonds. The molecule has 28 heavy (non-hydrogen) atoms. The number of rotatable bonds is 8. The lowest BCUT2D eigenvalue weighted by Crippen LogP contribution is -2.25. The number of aliphatic imine (C=N–C) groups is 1. The van der Waals surface area contributed by atoms with Crippen LogP contribution < -0.4 is 5.73 Å². The number of amidine groups is 1. The van der Waals surface area contributed by atoms with Gasteiger partial charge in [0.05, 0.1) is 17.9 Å². The normalized spacial score (nSPS) is 12.4.